The van der Waals surface area contributed by atoms with Gasteiger partial charge in [0, 0.05) is 5.69 Å². The van der Waals surface area contributed by atoms with Gasteiger partial charge in [0.1, 0.15) is 17.5 Å². The highest BCUT2D eigenvalue weighted by Gasteiger charge is 2.23. The van der Waals surface area contributed by atoms with Crippen LogP contribution in [-0.4, -0.2) is 29.1 Å². The van der Waals surface area contributed by atoms with E-state index < -0.39 is 11.0 Å². The number of nitro benzene ring substituents is 1. The third-order valence-corrected chi connectivity index (χ3v) is 4.93. The minimum Gasteiger partial charge on any atom is -0.496 e. The normalized spacial score (nSPS) is 11.5. The Balaban J connectivity index is 2.18. The van der Waals surface area contributed by atoms with E-state index in [0.29, 0.717) is 12.2 Å². The molecule has 0 aliphatic rings. The molecule has 0 aliphatic carbocycles. The molecular formula is C22H28N4O4S. The van der Waals surface area contributed by atoms with E-state index in [4.69, 9.17) is 17.0 Å². The number of anilines is 2. The van der Waals surface area contributed by atoms with Crippen molar-refractivity contribution in [2.24, 2.45) is 5.92 Å². The van der Waals surface area contributed by atoms with Crippen molar-refractivity contribution in [3.63, 3.8) is 0 Å². The number of nitrogens with one attached hydrogen (secondary N) is 3. The van der Waals surface area contributed by atoms with Gasteiger partial charge < -0.3 is 20.7 Å². The Kier molecular flexibility index (Phi) is 8.32. The first kappa shape index (κ1) is 24.1. The molecule has 0 saturated heterocycles. The molecule has 166 valence electrons. The second-order valence-corrected chi connectivity index (χ2v) is 8.09. The molecule has 0 saturated carbocycles. The second-order valence-electron chi connectivity index (χ2n) is 7.68. The van der Waals surface area contributed by atoms with E-state index in [1.165, 1.54) is 19.2 Å². The summed E-state index contributed by atoms with van der Waals surface area (Å²) in [6.07, 6.45) is 0.531. The summed E-state index contributed by atoms with van der Waals surface area (Å²) in [6.45, 7) is 7.88. The molecule has 31 heavy (non-hydrogen) atoms. The van der Waals surface area contributed by atoms with Crippen molar-refractivity contribution < 1.29 is 14.5 Å². The number of carbonyl (C=O) groups is 1. The first-order valence-corrected chi connectivity index (χ1v) is 10.3. The average molecular weight is 445 g/mol. The number of aryl methyl sites for hydroxylation is 2. The number of hydrogen-bond acceptors (Lipinski definition) is 5. The predicted octanol–water partition coefficient (Wildman–Crippen LogP) is 4.56. The van der Waals surface area contributed by atoms with Gasteiger partial charge in [-0.15, -0.1) is 0 Å². The van der Waals surface area contributed by atoms with Crippen molar-refractivity contribution in [2.45, 2.75) is 40.2 Å². The number of para-hydroxylation sites is 1. The third-order valence-electron chi connectivity index (χ3n) is 4.71. The molecule has 2 aromatic carbocycles. The lowest BCUT2D eigenvalue weighted by atomic mass is 10.0. The summed E-state index contributed by atoms with van der Waals surface area (Å²) < 4.78 is 5.05. The van der Waals surface area contributed by atoms with Gasteiger partial charge in [-0.05, 0) is 61.7 Å². The Morgan fingerprint density at radius 2 is 1.81 bits per heavy atom. The molecule has 1 atom stereocenters. The summed E-state index contributed by atoms with van der Waals surface area (Å²) in [6, 6.07) is 9.60. The lowest BCUT2D eigenvalue weighted by molar-refractivity contribution is -0.384. The van der Waals surface area contributed by atoms with Gasteiger partial charge in [-0.1, -0.05) is 32.0 Å². The molecule has 0 bridgehead atoms. The fraction of sp³-hybridized carbons (Fsp3) is 0.364. The Morgan fingerprint density at radius 1 is 1.16 bits per heavy atom. The van der Waals surface area contributed by atoms with Crippen LogP contribution in [0, 0.1) is 29.9 Å². The van der Waals surface area contributed by atoms with E-state index in [9.17, 15) is 14.9 Å². The molecule has 0 aromatic heterocycles. The Labute approximate surface area is 187 Å². The Bertz CT molecular complexity index is 958. The summed E-state index contributed by atoms with van der Waals surface area (Å²) in [7, 11) is 1.43. The molecular weight excluding hydrogens is 416 g/mol. The number of nitro groups is 1. The molecule has 0 unspecified atom stereocenters. The van der Waals surface area contributed by atoms with Crippen LogP contribution >= 0.6 is 12.2 Å². The van der Waals surface area contributed by atoms with Crippen LogP contribution in [0.4, 0.5) is 17.1 Å². The lowest BCUT2D eigenvalue weighted by Crippen LogP contribution is -2.46. The van der Waals surface area contributed by atoms with Crippen LogP contribution in [0.1, 0.15) is 31.4 Å². The molecule has 0 aliphatic heterocycles. The number of benzene rings is 2. The largest absolute Gasteiger partial charge is 0.496 e. The molecule has 0 radical (unpaired) electrons. The molecule has 1 amide bonds. The Morgan fingerprint density at radius 3 is 2.35 bits per heavy atom. The van der Waals surface area contributed by atoms with E-state index in [0.717, 1.165) is 16.8 Å². The molecule has 8 nitrogen and oxygen atoms in total. The van der Waals surface area contributed by atoms with Gasteiger partial charge in [0.05, 0.1) is 18.1 Å². The number of thiocarbonyl (C=S) groups is 1. The van der Waals surface area contributed by atoms with Gasteiger partial charge in [0.15, 0.2) is 5.11 Å². The molecule has 9 heteroatoms. The zero-order valence-corrected chi connectivity index (χ0v) is 19.1. The van der Waals surface area contributed by atoms with Crippen molar-refractivity contribution in [3.8, 4) is 5.75 Å². The zero-order valence-electron chi connectivity index (χ0n) is 18.3. The maximum Gasteiger partial charge on any atom is 0.296 e. The summed E-state index contributed by atoms with van der Waals surface area (Å²) in [4.78, 5) is 23.9. The predicted molar refractivity (Wildman–Crippen MR) is 127 cm³/mol. The van der Waals surface area contributed by atoms with Crippen molar-refractivity contribution in [3.05, 3.63) is 57.6 Å². The molecule has 0 heterocycles. The molecule has 0 fully saturated rings. The highest BCUT2D eigenvalue weighted by Crippen LogP contribution is 2.29. The number of hydrogen-bond donors (Lipinski definition) is 3. The van der Waals surface area contributed by atoms with Crippen LogP contribution < -0.4 is 20.7 Å². The fourth-order valence-corrected chi connectivity index (χ4v) is 3.39. The molecule has 3 N–H and O–H groups in total. The minimum atomic E-state index is -0.615. The molecule has 2 aromatic rings. The van der Waals surface area contributed by atoms with Gasteiger partial charge in [-0.3, -0.25) is 14.9 Å². The maximum atomic E-state index is 13.0. The van der Waals surface area contributed by atoms with Gasteiger partial charge >= 0.3 is 0 Å². The number of ether oxygens (including phenoxy) is 1. The van der Waals surface area contributed by atoms with Gasteiger partial charge in [-0.2, -0.15) is 0 Å². The number of rotatable bonds is 8. The van der Waals surface area contributed by atoms with E-state index in [1.807, 2.05) is 45.9 Å². The SMILES string of the molecule is COc1ccc(NC(=S)N[C@H](CC(C)C)C(=O)Nc2c(C)cccc2C)c([N+](=O)[O-])c1. The van der Waals surface area contributed by atoms with Gasteiger partial charge in [0.25, 0.3) is 5.69 Å². The smallest absolute Gasteiger partial charge is 0.296 e. The van der Waals surface area contributed by atoms with E-state index in [-0.39, 0.29) is 28.3 Å². The number of amides is 1. The van der Waals surface area contributed by atoms with E-state index >= 15 is 0 Å². The number of nitrogens with zero attached hydrogens (tertiary/aromatic N) is 1. The third kappa shape index (κ3) is 6.65. The number of carbonyl (C=O) groups excluding carboxylic acids is 1. The first-order chi connectivity index (χ1) is 14.6. The van der Waals surface area contributed by atoms with Crippen molar-refractivity contribution >= 4 is 40.3 Å². The molecule has 2 rings (SSSR count). The highest BCUT2D eigenvalue weighted by atomic mass is 32.1. The van der Waals surface area contributed by atoms with Crippen molar-refractivity contribution in [1.29, 1.82) is 0 Å². The van der Waals surface area contributed by atoms with Crippen LogP contribution in [0.15, 0.2) is 36.4 Å². The fourth-order valence-electron chi connectivity index (χ4n) is 3.14. The first-order valence-electron chi connectivity index (χ1n) is 9.89. The summed E-state index contributed by atoms with van der Waals surface area (Å²) in [5.74, 6) is 0.362. The van der Waals surface area contributed by atoms with Crippen LogP contribution in [0.2, 0.25) is 0 Å². The van der Waals surface area contributed by atoms with E-state index in [2.05, 4.69) is 16.0 Å². The topological polar surface area (TPSA) is 106 Å². The van der Waals surface area contributed by atoms with Crippen molar-refractivity contribution in [2.75, 3.05) is 17.7 Å². The lowest BCUT2D eigenvalue weighted by Gasteiger charge is -2.23. The zero-order chi connectivity index (χ0) is 23.1. The Hall–Kier alpha value is -3.20. The standard InChI is InChI=1S/C22H28N4O4S/c1-13(2)11-18(21(27)25-20-14(3)7-6-8-15(20)4)24-22(31)23-17-10-9-16(30-5)12-19(17)26(28)29/h6-10,12-13,18H,11H2,1-5H3,(H,25,27)(H2,23,24,31)/t18-/m1/s1. The summed E-state index contributed by atoms with van der Waals surface area (Å²) >= 11 is 5.35. The van der Waals surface area contributed by atoms with Crippen LogP contribution in [0.5, 0.6) is 5.75 Å². The highest BCUT2D eigenvalue weighted by molar-refractivity contribution is 7.80. The summed E-state index contributed by atoms with van der Waals surface area (Å²) in [5.41, 5.74) is 2.73. The number of methoxy groups -OCH3 is 1. The molecule has 0 spiro atoms. The average Bonchev–Trinajstić information content (AvgIpc) is 2.70. The van der Waals surface area contributed by atoms with E-state index in [1.54, 1.807) is 6.07 Å². The van der Waals surface area contributed by atoms with Gasteiger partial charge in [-0.25, -0.2) is 0 Å². The van der Waals surface area contributed by atoms with Crippen molar-refractivity contribution in [1.82, 2.24) is 5.32 Å². The maximum absolute atomic E-state index is 13.0. The van der Waals surface area contributed by atoms with Gasteiger partial charge in [0.2, 0.25) is 5.91 Å². The quantitative estimate of drug-likeness (QED) is 0.311. The summed E-state index contributed by atoms with van der Waals surface area (Å²) in [5, 5.41) is 20.3. The van der Waals surface area contributed by atoms with Crippen LogP contribution in [0.25, 0.3) is 0 Å². The minimum absolute atomic E-state index is 0.121. The van der Waals surface area contributed by atoms with Crippen LogP contribution in [-0.2, 0) is 4.79 Å². The second kappa shape index (κ2) is 10.7. The monoisotopic (exact) mass is 444 g/mol. The van der Waals surface area contributed by atoms with Crippen LogP contribution in [0.3, 0.4) is 0 Å².